The Kier molecular flexibility index (Phi) is 6.98. The number of nitrogens with zero attached hydrogens (tertiary/aromatic N) is 2. The van der Waals surface area contributed by atoms with Gasteiger partial charge in [0.05, 0.1) is 22.9 Å². The zero-order valence-electron chi connectivity index (χ0n) is 33.7. The van der Waals surface area contributed by atoms with Crippen molar-refractivity contribution >= 4 is 54.1 Å². The van der Waals surface area contributed by atoms with Gasteiger partial charge in [0.1, 0.15) is 0 Å². The van der Waals surface area contributed by atoms with Crippen molar-refractivity contribution in [1.29, 1.82) is 0 Å². The van der Waals surface area contributed by atoms with Crippen LogP contribution in [0.5, 0.6) is 0 Å². The van der Waals surface area contributed by atoms with Crippen molar-refractivity contribution in [3.63, 3.8) is 0 Å². The molecule has 0 N–H and O–H groups in total. The lowest BCUT2D eigenvalue weighted by Crippen LogP contribution is -2.01. The molecule has 2 nitrogen and oxygen atoms in total. The molecule has 2 heteroatoms. The van der Waals surface area contributed by atoms with E-state index in [0.29, 0.717) is 11.8 Å². The smallest absolute Gasteiger partial charge is 0.0894 e. The summed E-state index contributed by atoms with van der Waals surface area (Å²) in [5.41, 5.74) is 19.2. The quantitative estimate of drug-likeness (QED) is 0.166. The van der Waals surface area contributed by atoms with E-state index >= 15 is 0 Å². The standard InChI is InChI=1S/C60H36N2/c1-3-13-41-39(11-1)44-18-9-17-43-38(29-30-49(41)58(43)44)35-23-25-36(26-24-35)57-46-15-5-6-16-47(46)60(51-32-31-50-42-14-4-2-12-40(42)45-19-10-20-48(51)59(45)50)52-28-27-37(33-53(52)57)56-34-61-54-21-7-8-22-55(54)62-56/h1-34,39,41H. The second kappa shape index (κ2) is 12.8. The summed E-state index contributed by atoms with van der Waals surface area (Å²) < 4.78 is 0. The molecule has 0 amide bonds. The Morgan fingerprint density at radius 1 is 0.339 bits per heavy atom. The van der Waals surface area contributed by atoms with Gasteiger partial charge in [0.15, 0.2) is 0 Å². The third-order valence-electron chi connectivity index (χ3n) is 14.0. The molecule has 2 atom stereocenters. The topological polar surface area (TPSA) is 25.8 Å². The first-order valence-corrected chi connectivity index (χ1v) is 21.6. The Labute approximate surface area is 358 Å². The molecule has 0 saturated heterocycles. The predicted octanol–water partition coefficient (Wildman–Crippen LogP) is 15.9. The van der Waals surface area contributed by atoms with Gasteiger partial charge in [0, 0.05) is 17.4 Å². The highest BCUT2D eigenvalue weighted by molar-refractivity contribution is 6.26. The lowest BCUT2D eigenvalue weighted by Gasteiger charge is -2.20. The minimum atomic E-state index is 0.410. The van der Waals surface area contributed by atoms with E-state index in [1.165, 1.54) is 110 Å². The van der Waals surface area contributed by atoms with Crippen LogP contribution in [0, 0.1) is 0 Å². The zero-order chi connectivity index (χ0) is 40.5. The summed E-state index contributed by atoms with van der Waals surface area (Å²) >= 11 is 0. The maximum Gasteiger partial charge on any atom is 0.0894 e. The van der Waals surface area contributed by atoms with Gasteiger partial charge in [-0.2, -0.15) is 0 Å². The highest BCUT2D eigenvalue weighted by atomic mass is 14.8. The molecule has 0 saturated carbocycles. The highest BCUT2D eigenvalue weighted by Crippen LogP contribution is 2.53. The van der Waals surface area contributed by atoms with Gasteiger partial charge in [0.25, 0.3) is 0 Å². The molecule has 1 aromatic heterocycles. The van der Waals surface area contributed by atoms with Gasteiger partial charge in [-0.25, -0.2) is 4.98 Å². The molecular formula is C60H36N2. The lowest BCUT2D eigenvalue weighted by atomic mass is 9.83. The van der Waals surface area contributed by atoms with Crippen LogP contribution in [0.25, 0.3) is 121 Å². The van der Waals surface area contributed by atoms with Crippen LogP contribution in [-0.2, 0) is 0 Å². The first kappa shape index (κ1) is 33.8. The number of benzene rings is 10. The molecule has 3 aliphatic carbocycles. The van der Waals surface area contributed by atoms with Gasteiger partial charge in [0.2, 0.25) is 0 Å². The number of hydrogen-bond donors (Lipinski definition) is 0. The van der Waals surface area contributed by atoms with Crippen molar-refractivity contribution in [3.8, 4) is 66.9 Å². The van der Waals surface area contributed by atoms with Crippen LogP contribution in [0.3, 0.4) is 0 Å². The predicted molar refractivity (Wildman–Crippen MR) is 259 cm³/mol. The third-order valence-corrected chi connectivity index (χ3v) is 14.0. The van der Waals surface area contributed by atoms with Crippen LogP contribution in [0.15, 0.2) is 206 Å². The van der Waals surface area contributed by atoms with Crippen LogP contribution < -0.4 is 0 Å². The number of fused-ring (bicyclic) bond motifs is 9. The van der Waals surface area contributed by atoms with Gasteiger partial charge in [-0.1, -0.05) is 182 Å². The van der Waals surface area contributed by atoms with E-state index in [9.17, 15) is 0 Å². The van der Waals surface area contributed by atoms with E-state index in [4.69, 9.17) is 9.97 Å². The molecule has 0 bridgehead atoms. The minimum Gasteiger partial charge on any atom is -0.252 e. The summed E-state index contributed by atoms with van der Waals surface area (Å²) in [6.45, 7) is 0. The van der Waals surface area contributed by atoms with Crippen molar-refractivity contribution in [2.24, 2.45) is 0 Å². The molecule has 10 aromatic carbocycles. The SMILES string of the molecule is C1=CC2c3cccc4c(-c5ccc(-c6c7ccccc7c(-c7ccc8c9c(cccc79)-c7ccccc7-8)c7ccc(-c8cnc9ccccc9n8)cc67)cc5)ccc(c34)C2C=C1. The summed E-state index contributed by atoms with van der Waals surface area (Å²) in [5.74, 6) is 0.820. The van der Waals surface area contributed by atoms with Crippen LogP contribution in [0.1, 0.15) is 23.0 Å². The Morgan fingerprint density at radius 3 is 1.71 bits per heavy atom. The lowest BCUT2D eigenvalue weighted by molar-refractivity contribution is 0.769. The summed E-state index contributed by atoms with van der Waals surface area (Å²) in [6.07, 6.45) is 11.1. The monoisotopic (exact) mass is 784 g/mol. The Morgan fingerprint density at radius 2 is 0.903 bits per heavy atom. The van der Waals surface area contributed by atoms with Crippen molar-refractivity contribution < 1.29 is 0 Å². The average Bonchev–Trinajstić information content (AvgIpc) is 3.85. The summed E-state index contributed by atoms with van der Waals surface area (Å²) in [5, 5.41) is 10.2. The van der Waals surface area contributed by atoms with E-state index in [1.54, 1.807) is 0 Å². The molecule has 0 fully saturated rings. The molecule has 3 aliphatic rings. The van der Waals surface area contributed by atoms with Gasteiger partial charge >= 0.3 is 0 Å². The number of aromatic nitrogens is 2. The van der Waals surface area contributed by atoms with E-state index < -0.39 is 0 Å². The normalized spacial score (nSPS) is 15.6. The fraction of sp³-hybridized carbons (Fsp3) is 0.0333. The molecule has 1 heterocycles. The maximum atomic E-state index is 5.13. The Balaban J connectivity index is 1.00. The molecule has 0 radical (unpaired) electrons. The Hall–Kier alpha value is -7.94. The van der Waals surface area contributed by atoms with Crippen molar-refractivity contribution in [1.82, 2.24) is 9.97 Å². The molecule has 0 aliphatic heterocycles. The maximum absolute atomic E-state index is 5.13. The third kappa shape index (κ3) is 4.69. The molecular weight excluding hydrogens is 749 g/mol. The minimum absolute atomic E-state index is 0.410. The van der Waals surface area contributed by atoms with Gasteiger partial charge in [-0.05, 0) is 128 Å². The van der Waals surface area contributed by atoms with E-state index in [1.807, 2.05) is 30.5 Å². The van der Waals surface area contributed by atoms with Crippen molar-refractivity contribution in [2.75, 3.05) is 0 Å². The largest absolute Gasteiger partial charge is 0.252 e. The first-order chi connectivity index (χ1) is 30.8. The van der Waals surface area contributed by atoms with Gasteiger partial charge < -0.3 is 0 Å². The van der Waals surface area contributed by atoms with E-state index in [2.05, 4.69) is 176 Å². The molecule has 2 unspecified atom stereocenters. The molecule has 14 rings (SSSR count). The molecule has 62 heavy (non-hydrogen) atoms. The second-order valence-electron chi connectivity index (χ2n) is 17.1. The zero-order valence-corrected chi connectivity index (χ0v) is 33.7. The molecule has 11 aromatic rings. The number of hydrogen-bond acceptors (Lipinski definition) is 2. The second-order valence-corrected chi connectivity index (χ2v) is 17.1. The molecule has 286 valence electrons. The number of para-hydroxylation sites is 2. The molecule has 0 spiro atoms. The number of allylic oxidation sites excluding steroid dienone is 4. The average molecular weight is 785 g/mol. The summed E-state index contributed by atoms with van der Waals surface area (Å²) in [4.78, 5) is 9.96. The van der Waals surface area contributed by atoms with Crippen LogP contribution in [-0.4, -0.2) is 9.97 Å². The summed E-state index contributed by atoms with van der Waals surface area (Å²) in [6, 6.07) is 65.3. The van der Waals surface area contributed by atoms with Gasteiger partial charge in [-0.15, -0.1) is 0 Å². The van der Waals surface area contributed by atoms with Crippen molar-refractivity contribution in [3.05, 3.63) is 218 Å². The van der Waals surface area contributed by atoms with E-state index in [0.717, 1.165) is 22.3 Å². The van der Waals surface area contributed by atoms with Crippen LogP contribution >= 0.6 is 0 Å². The first-order valence-electron chi connectivity index (χ1n) is 21.6. The Bertz CT molecular complexity index is 3760. The number of rotatable bonds is 4. The van der Waals surface area contributed by atoms with Gasteiger partial charge in [-0.3, -0.25) is 4.98 Å². The fourth-order valence-corrected chi connectivity index (χ4v) is 11.3. The summed E-state index contributed by atoms with van der Waals surface area (Å²) in [7, 11) is 0. The van der Waals surface area contributed by atoms with E-state index in [-0.39, 0.29) is 0 Å². The highest BCUT2D eigenvalue weighted by Gasteiger charge is 2.33. The van der Waals surface area contributed by atoms with Crippen LogP contribution in [0.4, 0.5) is 0 Å². The fourth-order valence-electron chi connectivity index (χ4n) is 11.3. The van der Waals surface area contributed by atoms with Crippen LogP contribution in [0.2, 0.25) is 0 Å². The van der Waals surface area contributed by atoms with Crippen molar-refractivity contribution in [2.45, 2.75) is 11.8 Å².